The summed E-state index contributed by atoms with van der Waals surface area (Å²) in [6.07, 6.45) is 7.12. The number of hydrogen-bond acceptors (Lipinski definition) is 3. The maximum absolute atomic E-state index is 13.4. The van der Waals surface area contributed by atoms with Crippen LogP contribution in [0.5, 0.6) is 11.5 Å². The summed E-state index contributed by atoms with van der Waals surface area (Å²) in [6, 6.07) is 13.8. The largest absolute Gasteiger partial charge is 0.508 e. The van der Waals surface area contributed by atoms with Gasteiger partial charge in [0.2, 0.25) is 0 Å². The number of phenols is 1. The van der Waals surface area contributed by atoms with E-state index in [9.17, 15) is 9.90 Å². The van der Waals surface area contributed by atoms with Crippen molar-refractivity contribution in [1.29, 1.82) is 0 Å². The van der Waals surface area contributed by atoms with Crippen molar-refractivity contribution in [3.8, 4) is 11.5 Å². The predicted molar refractivity (Wildman–Crippen MR) is 114 cm³/mol. The van der Waals surface area contributed by atoms with Crippen molar-refractivity contribution in [2.75, 3.05) is 7.11 Å². The number of aryl methyl sites for hydroxylation is 1. The fourth-order valence-corrected chi connectivity index (χ4v) is 6.27. The van der Waals surface area contributed by atoms with Gasteiger partial charge in [-0.2, -0.15) is 0 Å². The number of phenolic OH excluding ortho intramolecular Hbond substituents is 1. The van der Waals surface area contributed by atoms with Crippen LogP contribution in [-0.4, -0.2) is 18.0 Å². The molecule has 5 rings (SSSR count). The van der Waals surface area contributed by atoms with Crippen LogP contribution >= 0.6 is 0 Å². The highest BCUT2D eigenvalue weighted by atomic mass is 16.5. The number of carbonyl (C=O) groups is 1. The van der Waals surface area contributed by atoms with Gasteiger partial charge in [0.05, 0.1) is 7.11 Å². The molecule has 0 heterocycles. The Bertz CT molecular complexity index is 988. The van der Waals surface area contributed by atoms with Crippen molar-refractivity contribution in [3.05, 3.63) is 64.7 Å². The molecule has 1 N–H and O–H groups in total. The Hall–Kier alpha value is -2.55. The lowest BCUT2D eigenvalue weighted by atomic mass is 9.55. The first-order chi connectivity index (χ1) is 14.0. The molecule has 0 radical (unpaired) electrons. The molecule has 0 saturated heterocycles. The summed E-state index contributed by atoms with van der Waals surface area (Å²) in [6.45, 7) is 2.21. The highest BCUT2D eigenvalue weighted by Crippen LogP contribution is 2.60. The zero-order valence-electron chi connectivity index (χ0n) is 17.2. The van der Waals surface area contributed by atoms with Gasteiger partial charge in [0.25, 0.3) is 0 Å². The number of ether oxygens (including phenoxy) is 1. The van der Waals surface area contributed by atoms with E-state index in [1.54, 1.807) is 7.11 Å². The van der Waals surface area contributed by atoms with Gasteiger partial charge in [0.1, 0.15) is 11.5 Å². The summed E-state index contributed by atoms with van der Waals surface area (Å²) in [7, 11) is 1.67. The third-order valence-corrected chi connectivity index (χ3v) is 7.81. The highest BCUT2D eigenvalue weighted by Gasteiger charge is 2.56. The minimum atomic E-state index is -0.228. The Morgan fingerprint density at radius 1 is 1.14 bits per heavy atom. The lowest BCUT2D eigenvalue weighted by molar-refractivity contribution is -0.127. The van der Waals surface area contributed by atoms with Crippen LogP contribution in [0.3, 0.4) is 0 Å². The van der Waals surface area contributed by atoms with Crippen LogP contribution < -0.4 is 4.74 Å². The molecule has 0 aromatic heterocycles. The summed E-state index contributed by atoms with van der Waals surface area (Å²) >= 11 is 0. The van der Waals surface area contributed by atoms with Crippen LogP contribution in [0.1, 0.15) is 55.2 Å². The summed E-state index contributed by atoms with van der Waals surface area (Å²) in [4.78, 5) is 13.4. The standard InChI is InChI=1S/C26H28O3/c1-26-12-11-22-21-10-6-19(27)14-17(21)5-9-23(22)24(26)15-18(25(26)28)13-16-3-7-20(29-2)8-4-16/h3-4,6-8,10,13-14,22-24,27H,5,9,11-12,15H2,1-2H3/b18-13+/t22-,23-,24-,26+/m1/s1. The minimum Gasteiger partial charge on any atom is -0.508 e. The van der Waals surface area contributed by atoms with E-state index in [2.05, 4.69) is 19.1 Å². The second kappa shape index (κ2) is 6.76. The molecule has 2 saturated carbocycles. The van der Waals surface area contributed by atoms with E-state index in [-0.39, 0.29) is 5.41 Å². The molecule has 3 nitrogen and oxygen atoms in total. The molecule has 150 valence electrons. The van der Waals surface area contributed by atoms with Crippen molar-refractivity contribution < 1.29 is 14.6 Å². The van der Waals surface area contributed by atoms with Crippen LogP contribution in [0, 0.1) is 17.3 Å². The molecule has 0 amide bonds. The molecule has 2 aromatic rings. The molecule has 0 bridgehead atoms. The minimum absolute atomic E-state index is 0.228. The first-order valence-electron chi connectivity index (χ1n) is 10.7. The van der Waals surface area contributed by atoms with Gasteiger partial charge in [0, 0.05) is 5.41 Å². The third-order valence-electron chi connectivity index (χ3n) is 7.81. The third kappa shape index (κ3) is 2.90. The van der Waals surface area contributed by atoms with Crippen molar-refractivity contribution in [3.63, 3.8) is 0 Å². The van der Waals surface area contributed by atoms with Crippen molar-refractivity contribution in [2.45, 2.75) is 44.9 Å². The highest BCUT2D eigenvalue weighted by molar-refractivity contribution is 6.06. The molecule has 29 heavy (non-hydrogen) atoms. The van der Waals surface area contributed by atoms with E-state index < -0.39 is 0 Å². The lowest BCUT2D eigenvalue weighted by Crippen LogP contribution is -2.42. The molecule has 0 spiro atoms. The van der Waals surface area contributed by atoms with Crippen molar-refractivity contribution in [2.24, 2.45) is 17.3 Å². The Kier molecular flexibility index (Phi) is 4.31. The number of allylic oxidation sites excluding steroid dienone is 1. The van der Waals surface area contributed by atoms with E-state index in [1.807, 2.05) is 36.4 Å². The smallest absolute Gasteiger partial charge is 0.165 e. The van der Waals surface area contributed by atoms with E-state index in [4.69, 9.17) is 4.74 Å². The van der Waals surface area contributed by atoms with Crippen molar-refractivity contribution in [1.82, 2.24) is 0 Å². The van der Waals surface area contributed by atoms with Gasteiger partial charge in [-0.15, -0.1) is 0 Å². The second-order valence-corrected chi connectivity index (χ2v) is 9.23. The normalized spacial score (nSPS) is 31.9. The Morgan fingerprint density at radius 2 is 1.93 bits per heavy atom. The quantitative estimate of drug-likeness (QED) is 0.689. The predicted octanol–water partition coefficient (Wildman–Crippen LogP) is 5.52. The van der Waals surface area contributed by atoms with Gasteiger partial charge in [-0.1, -0.05) is 25.1 Å². The monoisotopic (exact) mass is 388 g/mol. The molecule has 4 atom stereocenters. The number of hydrogen-bond donors (Lipinski definition) is 1. The van der Waals surface area contributed by atoms with Crippen LogP contribution in [0.25, 0.3) is 6.08 Å². The Labute approximate surface area is 172 Å². The number of fused-ring (bicyclic) bond motifs is 5. The fraction of sp³-hybridized carbons (Fsp3) is 0.423. The summed E-state index contributed by atoms with van der Waals surface area (Å²) in [5.74, 6) is 3.04. The van der Waals surface area contributed by atoms with Crippen LogP contribution in [0.2, 0.25) is 0 Å². The van der Waals surface area contributed by atoms with Gasteiger partial charge < -0.3 is 9.84 Å². The number of aromatic hydroxyl groups is 1. The average molecular weight is 389 g/mol. The zero-order valence-corrected chi connectivity index (χ0v) is 17.2. The van der Waals surface area contributed by atoms with Gasteiger partial charge in [-0.3, -0.25) is 4.79 Å². The fourth-order valence-electron chi connectivity index (χ4n) is 6.27. The molecule has 0 aliphatic heterocycles. The van der Waals surface area contributed by atoms with Crippen molar-refractivity contribution >= 4 is 11.9 Å². The first-order valence-corrected chi connectivity index (χ1v) is 10.7. The molecule has 2 aromatic carbocycles. The van der Waals surface area contributed by atoms with E-state index in [0.29, 0.717) is 29.3 Å². The van der Waals surface area contributed by atoms with Gasteiger partial charge in [-0.05, 0) is 102 Å². The number of Topliss-reactive ketones (excluding diaryl/α,β-unsaturated/α-hetero) is 1. The maximum Gasteiger partial charge on any atom is 0.165 e. The molecule has 3 aliphatic rings. The van der Waals surface area contributed by atoms with Crippen LogP contribution in [0.4, 0.5) is 0 Å². The second-order valence-electron chi connectivity index (χ2n) is 9.23. The Balaban J connectivity index is 1.46. The number of methoxy groups -OCH3 is 1. The summed E-state index contributed by atoms with van der Waals surface area (Å²) < 4.78 is 5.25. The van der Waals surface area contributed by atoms with Gasteiger partial charge >= 0.3 is 0 Å². The van der Waals surface area contributed by atoms with Gasteiger partial charge in [0.15, 0.2) is 5.78 Å². The molecule has 0 unspecified atom stereocenters. The van der Waals surface area contributed by atoms with Crippen LogP contribution in [0.15, 0.2) is 48.0 Å². The summed E-state index contributed by atoms with van der Waals surface area (Å²) in [5, 5.41) is 9.86. The lowest BCUT2D eigenvalue weighted by Gasteiger charge is -2.48. The molecular formula is C26H28O3. The van der Waals surface area contributed by atoms with Gasteiger partial charge in [-0.25, -0.2) is 0 Å². The summed E-state index contributed by atoms with van der Waals surface area (Å²) in [5.41, 5.74) is 4.53. The molecule has 3 heteroatoms. The average Bonchev–Trinajstić information content (AvgIpc) is 2.99. The number of ketones is 1. The van der Waals surface area contributed by atoms with E-state index in [0.717, 1.165) is 49.0 Å². The zero-order chi connectivity index (χ0) is 20.2. The SMILES string of the molecule is COc1ccc(/C=C2\C[C@@H]3[C@@H]4CCc5cc(O)ccc5[C@H]4CC[C@]3(C)C2=O)cc1. The van der Waals surface area contributed by atoms with E-state index in [1.165, 1.54) is 11.1 Å². The Morgan fingerprint density at radius 3 is 2.69 bits per heavy atom. The van der Waals surface area contributed by atoms with Crippen LogP contribution in [-0.2, 0) is 11.2 Å². The molecule has 3 aliphatic carbocycles. The number of benzene rings is 2. The number of rotatable bonds is 2. The maximum atomic E-state index is 13.4. The number of carbonyl (C=O) groups excluding carboxylic acids is 1. The topological polar surface area (TPSA) is 46.5 Å². The molecule has 2 fully saturated rings. The molecular weight excluding hydrogens is 360 g/mol. The first kappa shape index (κ1) is 18.5. The van der Waals surface area contributed by atoms with E-state index >= 15 is 0 Å².